The van der Waals surface area contributed by atoms with Crippen LogP contribution < -0.4 is 5.73 Å². The van der Waals surface area contributed by atoms with Crippen molar-refractivity contribution >= 4 is 23.7 Å². The van der Waals surface area contributed by atoms with E-state index in [4.69, 9.17) is 22.4 Å². The van der Waals surface area contributed by atoms with Crippen LogP contribution >= 0.6 is 11.6 Å². The first-order valence-electron chi connectivity index (χ1n) is 6.05. The number of nitrogens with two attached hydrogens (primary N) is 1. The van der Waals surface area contributed by atoms with Gasteiger partial charge in [-0.15, -0.1) is 0 Å². The average Bonchev–Trinajstić information content (AvgIpc) is 2.25. The van der Waals surface area contributed by atoms with Crippen LogP contribution in [0.5, 0.6) is 0 Å². The highest BCUT2D eigenvalue weighted by Gasteiger charge is 2.12. The van der Waals surface area contributed by atoms with Crippen molar-refractivity contribution in [1.82, 2.24) is 0 Å². The molecule has 1 aromatic carbocycles. The molecule has 0 saturated heterocycles. The first-order chi connectivity index (χ1) is 9.10. The normalized spacial score (nSPS) is 10.2. The molecule has 0 aliphatic carbocycles. The summed E-state index contributed by atoms with van der Waals surface area (Å²) in [6, 6.07) is 7.20. The third-order valence-corrected chi connectivity index (χ3v) is 2.20. The van der Waals surface area contributed by atoms with Crippen LogP contribution in [-0.2, 0) is 16.0 Å². The van der Waals surface area contributed by atoms with E-state index in [2.05, 4.69) is 4.74 Å². The molecule has 0 heterocycles. The zero-order valence-corrected chi connectivity index (χ0v) is 12.6. The van der Waals surface area contributed by atoms with Crippen molar-refractivity contribution in [2.24, 2.45) is 5.73 Å². The van der Waals surface area contributed by atoms with Gasteiger partial charge in [0.05, 0.1) is 0 Å². The second-order valence-electron chi connectivity index (χ2n) is 5.05. The molecule has 1 amide bonds. The van der Waals surface area contributed by atoms with Gasteiger partial charge < -0.3 is 15.6 Å². The van der Waals surface area contributed by atoms with Gasteiger partial charge in [-0.05, 0) is 44.9 Å². The number of ether oxygens (including phenoxy) is 1. The fourth-order valence-corrected chi connectivity index (χ4v) is 1.33. The summed E-state index contributed by atoms with van der Waals surface area (Å²) in [6.45, 7) is 5.28. The van der Waals surface area contributed by atoms with Crippen LogP contribution in [0.3, 0.4) is 0 Å². The zero-order valence-electron chi connectivity index (χ0n) is 11.9. The Morgan fingerprint density at radius 3 is 2.05 bits per heavy atom. The van der Waals surface area contributed by atoms with Crippen molar-refractivity contribution in [3.05, 3.63) is 34.9 Å². The Bertz CT molecular complexity index is 437. The lowest BCUT2D eigenvalue weighted by Crippen LogP contribution is -2.27. The second-order valence-corrected chi connectivity index (χ2v) is 5.49. The van der Waals surface area contributed by atoms with E-state index in [0.717, 1.165) is 5.56 Å². The zero-order chi connectivity index (χ0) is 15.8. The second kappa shape index (κ2) is 8.43. The molecule has 1 rings (SSSR count). The van der Waals surface area contributed by atoms with Gasteiger partial charge in [0.1, 0.15) is 5.60 Å². The molecule has 0 bridgehead atoms. The molecule has 5 nitrogen and oxygen atoms in total. The molecule has 3 N–H and O–H groups in total. The molecule has 0 radical (unpaired) electrons. The average molecular weight is 302 g/mol. The van der Waals surface area contributed by atoms with Gasteiger partial charge >= 0.3 is 12.1 Å². The predicted octanol–water partition coefficient (Wildman–Crippen LogP) is 3.24. The first-order valence-corrected chi connectivity index (χ1v) is 6.42. The molecule has 6 heteroatoms. The van der Waals surface area contributed by atoms with Crippen LogP contribution in [0.4, 0.5) is 4.79 Å². The number of benzene rings is 1. The number of aryl methyl sites for hydroxylation is 1. The van der Waals surface area contributed by atoms with E-state index >= 15 is 0 Å². The van der Waals surface area contributed by atoms with Crippen molar-refractivity contribution in [2.75, 3.05) is 0 Å². The maximum atomic E-state index is 10.2. The van der Waals surface area contributed by atoms with E-state index in [1.807, 2.05) is 12.1 Å². The number of carboxylic acid groups (broad SMARTS) is 1. The van der Waals surface area contributed by atoms with Crippen molar-refractivity contribution < 1.29 is 19.4 Å². The van der Waals surface area contributed by atoms with Crippen molar-refractivity contribution in [1.29, 1.82) is 0 Å². The molecule has 20 heavy (non-hydrogen) atoms. The van der Waals surface area contributed by atoms with Gasteiger partial charge in [-0.25, -0.2) is 4.79 Å². The lowest BCUT2D eigenvalue weighted by atomic mass is 10.1. The fourth-order valence-electron chi connectivity index (χ4n) is 1.20. The molecule has 1 aromatic rings. The van der Waals surface area contributed by atoms with Gasteiger partial charge in [0, 0.05) is 11.4 Å². The van der Waals surface area contributed by atoms with Crippen LogP contribution in [-0.4, -0.2) is 22.8 Å². The molecule has 0 aromatic heterocycles. The summed E-state index contributed by atoms with van der Waals surface area (Å²) < 4.78 is 4.58. The highest BCUT2D eigenvalue weighted by Crippen LogP contribution is 2.10. The van der Waals surface area contributed by atoms with Crippen LogP contribution in [0.2, 0.25) is 5.02 Å². The van der Waals surface area contributed by atoms with Crippen LogP contribution in [0.1, 0.15) is 32.8 Å². The molecular weight excluding hydrogens is 282 g/mol. The number of halogens is 1. The van der Waals surface area contributed by atoms with E-state index in [1.54, 1.807) is 32.9 Å². The standard InChI is InChI=1S/C9H9ClO2.C5H11NO2/c10-8-4-1-7(2-5-8)3-6-9(11)12;1-5(2,3)8-4(6)7/h1-2,4-5H,3,6H2,(H,11,12);1-3H3,(H2,6,7). The quantitative estimate of drug-likeness (QED) is 0.897. The number of carboxylic acids is 1. The van der Waals surface area contributed by atoms with Crippen molar-refractivity contribution in [3.63, 3.8) is 0 Å². The minimum atomic E-state index is -0.773. The summed E-state index contributed by atoms with van der Waals surface area (Å²) in [6.07, 6.45) is 0.00576. The number of primary amides is 1. The summed E-state index contributed by atoms with van der Waals surface area (Å²) in [7, 11) is 0. The number of carbonyl (C=O) groups excluding carboxylic acids is 1. The Kier molecular flexibility index (Phi) is 7.69. The predicted molar refractivity (Wildman–Crippen MR) is 77.8 cm³/mol. The smallest absolute Gasteiger partial charge is 0.405 e. The molecular formula is C14H20ClNO4. The number of amides is 1. The summed E-state index contributed by atoms with van der Waals surface area (Å²) in [5.74, 6) is -0.773. The number of hydrogen-bond donors (Lipinski definition) is 2. The molecule has 0 aliphatic heterocycles. The maximum absolute atomic E-state index is 10.2. The lowest BCUT2D eigenvalue weighted by Gasteiger charge is -2.16. The molecule has 0 saturated carbocycles. The lowest BCUT2D eigenvalue weighted by molar-refractivity contribution is -0.136. The SMILES string of the molecule is CC(C)(C)OC(N)=O.O=C(O)CCc1ccc(Cl)cc1. The van der Waals surface area contributed by atoms with Crippen LogP contribution in [0, 0.1) is 0 Å². The number of aliphatic carboxylic acids is 1. The van der Waals surface area contributed by atoms with Gasteiger partial charge in [-0.3, -0.25) is 4.79 Å². The topological polar surface area (TPSA) is 89.6 Å². The van der Waals surface area contributed by atoms with E-state index in [0.29, 0.717) is 11.4 Å². The van der Waals surface area contributed by atoms with Gasteiger partial charge in [0.2, 0.25) is 0 Å². The Labute approximate surface area is 123 Å². The number of hydrogen-bond acceptors (Lipinski definition) is 3. The van der Waals surface area contributed by atoms with E-state index in [-0.39, 0.29) is 6.42 Å². The summed E-state index contributed by atoms with van der Waals surface area (Å²) in [5.41, 5.74) is 5.27. The first kappa shape index (κ1) is 18.2. The van der Waals surface area contributed by atoms with Gasteiger partial charge in [-0.2, -0.15) is 0 Å². The fraction of sp³-hybridized carbons (Fsp3) is 0.429. The number of rotatable bonds is 3. The van der Waals surface area contributed by atoms with Gasteiger partial charge in [0.15, 0.2) is 0 Å². The van der Waals surface area contributed by atoms with Crippen molar-refractivity contribution in [2.45, 2.75) is 39.2 Å². The van der Waals surface area contributed by atoms with E-state index in [1.165, 1.54) is 0 Å². The van der Waals surface area contributed by atoms with E-state index < -0.39 is 17.7 Å². The summed E-state index contributed by atoms with van der Waals surface area (Å²) in [4.78, 5) is 20.2. The molecule has 0 unspecified atom stereocenters. The number of carbonyl (C=O) groups is 2. The Balaban J connectivity index is 0.000000396. The minimum Gasteiger partial charge on any atom is -0.481 e. The Hall–Kier alpha value is -1.75. The Morgan fingerprint density at radius 2 is 1.75 bits per heavy atom. The molecule has 0 fully saturated rings. The van der Waals surface area contributed by atoms with Crippen LogP contribution in [0.25, 0.3) is 0 Å². The summed E-state index contributed by atoms with van der Waals surface area (Å²) in [5, 5.41) is 9.08. The van der Waals surface area contributed by atoms with Crippen molar-refractivity contribution in [3.8, 4) is 0 Å². The molecule has 0 atom stereocenters. The molecule has 112 valence electrons. The van der Waals surface area contributed by atoms with Crippen LogP contribution in [0.15, 0.2) is 24.3 Å². The monoisotopic (exact) mass is 301 g/mol. The summed E-state index contributed by atoms with van der Waals surface area (Å²) >= 11 is 5.66. The highest BCUT2D eigenvalue weighted by atomic mass is 35.5. The third kappa shape index (κ3) is 11.3. The minimum absolute atomic E-state index is 0.168. The third-order valence-electron chi connectivity index (χ3n) is 1.95. The highest BCUT2D eigenvalue weighted by molar-refractivity contribution is 6.30. The molecule has 0 aliphatic rings. The largest absolute Gasteiger partial charge is 0.481 e. The van der Waals surface area contributed by atoms with E-state index in [9.17, 15) is 9.59 Å². The maximum Gasteiger partial charge on any atom is 0.405 e. The Morgan fingerprint density at radius 1 is 1.25 bits per heavy atom. The molecule has 0 spiro atoms. The van der Waals surface area contributed by atoms with Gasteiger partial charge in [-0.1, -0.05) is 23.7 Å². The van der Waals surface area contributed by atoms with Gasteiger partial charge in [0.25, 0.3) is 0 Å².